The highest BCUT2D eigenvalue weighted by atomic mass is 16.3. The van der Waals surface area contributed by atoms with Crippen LogP contribution in [0.3, 0.4) is 0 Å². The van der Waals surface area contributed by atoms with Gasteiger partial charge in [-0.2, -0.15) is 0 Å². The average Bonchev–Trinajstić information content (AvgIpc) is 2.36. The average molecular weight is 266 g/mol. The second kappa shape index (κ2) is 5.63. The van der Waals surface area contributed by atoms with Crippen molar-refractivity contribution in [2.45, 2.75) is 52.5 Å². The molecule has 1 aliphatic carbocycles. The van der Waals surface area contributed by atoms with Gasteiger partial charge in [0.15, 0.2) is 0 Å². The molecule has 5 nitrogen and oxygen atoms in total. The van der Waals surface area contributed by atoms with Crippen LogP contribution in [-0.4, -0.2) is 14.7 Å². The van der Waals surface area contributed by atoms with Crippen molar-refractivity contribution in [3.63, 3.8) is 0 Å². The molecular formula is C14H22N2O3. The Balaban J connectivity index is 2.10. The fourth-order valence-electron chi connectivity index (χ4n) is 3.00. The van der Waals surface area contributed by atoms with E-state index in [9.17, 15) is 14.7 Å². The maximum absolute atomic E-state index is 11.7. The molecule has 0 bridgehead atoms. The Hall–Kier alpha value is -1.52. The second-order valence-electron chi connectivity index (χ2n) is 5.79. The fourth-order valence-corrected chi connectivity index (χ4v) is 3.00. The number of hydrogen-bond acceptors (Lipinski definition) is 3. The molecule has 0 aromatic carbocycles. The Bertz CT molecular complexity index is 559. The van der Waals surface area contributed by atoms with Gasteiger partial charge in [0.05, 0.1) is 5.56 Å². The van der Waals surface area contributed by atoms with Crippen molar-refractivity contribution in [1.82, 2.24) is 9.55 Å². The topological polar surface area (TPSA) is 75.1 Å². The molecule has 1 heterocycles. The SMILES string of the molecule is Cc1c(O)n(CCC2CCCC(C)C2)c(=O)[nH]c1=O. The first-order valence-corrected chi connectivity index (χ1v) is 7.01. The zero-order valence-corrected chi connectivity index (χ0v) is 11.6. The molecule has 2 rings (SSSR count). The lowest BCUT2D eigenvalue weighted by molar-refractivity contribution is 0.255. The zero-order valence-electron chi connectivity index (χ0n) is 11.6. The molecule has 0 spiro atoms. The predicted octanol–water partition coefficient (Wildman–Crippen LogP) is 1.77. The third-order valence-electron chi connectivity index (χ3n) is 4.20. The van der Waals surface area contributed by atoms with Gasteiger partial charge in [-0.15, -0.1) is 0 Å². The van der Waals surface area contributed by atoms with Crippen LogP contribution in [0, 0.1) is 18.8 Å². The Labute approximate surface area is 112 Å². The highest BCUT2D eigenvalue weighted by Gasteiger charge is 2.19. The normalized spacial score (nSPS) is 23.5. The molecule has 1 saturated carbocycles. The molecule has 5 heteroatoms. The van der Waals surface area contributed by atoms with Crippen LogP contribution in [0.4, 0.5) is 0 Å². The van der Waals surface area contributed by atoms with Crippen molar-refractivity contribution in [2.24, 2.45) is 11.8 Å². The van der Waals surface area contributed by atoms with Crippen molar-refractivity contribution in [2.75, 3.05) is 0 Å². The summed E-state index contributed by atoms with van der Waals surface area (Å²) in [6.45, 7) is 4.26. The molecule has 2 N–H and O–H groups in total. The zero-order chi connectivity index (χ0) is 14.0. The number of aromatic amines is 1. The third kappa shape index (κ3) is 3.08. The van der Waals surface area contributed by atoms with Crippen LogP contribution in [0.25, 0.3) is 0 Å². The van der Waals surface area contributed by atoms with Crippen molar-refractivity contribution in [3.8, 4) is 5.88 Å². The molecule has 0 amide bonds. The van der Waals surface area contributed by atoms with Gasteiger partial charge in [0.1, 0.15) is 0 Å². The maximum Gasteiger partial charge on any atom is 0.331 e. The Morgan fingerprint density at radius 2 is 2.11 bits per heavy atom. The molecule has 1 aromatic rings. The highest BCUT2D eigenvalue weighted by molar-refractivity contribution is 5.20. The maximum atomic E-state index is 11.7. The lowest BCUT2D eigenvalue weighted by atomic mass is 9.81. The summed E-state index contributed by atoms with van der Waals surface area (Å²) in [5.41, 5.74) is -0.821. The summed E-state index contributed by atoms with van der Waals surface area (Å²) in [6, 6.07) is 0. The minimum atomic E-state index is -0.517. The molecule has 0 saturated heterocycles. The summed E-state index contributed by atoms with van der Waals surface area (Å²) in [5, 5.41) is 9.88. The van der Waals surface area contributed by atoms with Gasteiger partial charge in [0, 0.05) is 6.54 Å². The van der Waals surface area contributed by atoms with E-state index < -0.39 is 11.2 Å². The van der Waals surface area contributed by atoms with E-state index in [1.165, 1.54) is 37.2 Å². The third-order valence-corrected chi connectivity index (χ3v) is 4.20. The molecule has 19 heavy (non-hydrogen) atoms. The van der Waals surface area contributed by atoms with Crippen molar-refractivity contribution in [3.05, 3.63) is 26.4 Å². The predicted molar refractivity (Wildman–Crippen MR) is 73.5 cm³/mol. The Morgan fingerprint density at radius 3 is 2.79 bits per heavy atom. The number of aromatic hydroxyl groups is 1. The largest absolute Gasteiger partial charge is 0.494 e. The molecule has 106 valence electrons. The molecule has 1 aliphatic rings. The van der Waals surface area contributed by atoms with E-state index >= 15 is 0 Å². The van der Waals surface area contributed by atoms with E-state index in [-0.39, 0.29) is 11.4 Å². The van der Waals surface area contributed by atoms with Gasteiger partial charge in [0.25, 0.3) is 5.56 Å². The van der Waals surface area contributed by atoms with Crippen LogP contribution in [0.15, 0.2) is 9.59 Å². The lowest BCUT2D eigenvalue weighted by Crippen LogP contribution is -2.32. The smallest absolute Gasteiger partial charge is 0.331 e. The number of nitrogens with zero attached hydrogens (tertiary/aromatic N) is 1. The van der Waals surface area contributed by atoms with E-state index in [4.69, 9.17) is 0 Å². The number of aromatic nitrogens is 2. The first kappa shape index (κ1) is 13.9. The van der Waals surface area contributed by atoms with Crippen molar-refractivity contribution in [1.29, 1.82) is 0 Å². The standard InChI is InChI=1S/C14H22N2O3/c1-9-4-3-5-11(8-9)6-7-16-13(18)10(2)12(17)15-14(16)19/h9,11,18H,3-8H2,1-2H3,(H,15,17,19). The number of hydrogen-bond donors (Lipinski definition) is 2. The van der Waals surface area contributed by atoms with Gasteiger partial charge < -0.3 is 5.11 Å². The molecule has 1 aromatic heterocycles. The summed E-state index contributed by atoms with van der Waals surface area (Å²) < 4.78 is 1.27. The van der Waals surface area contributed by atoms with Crippen LogP contribution in [0.2, 0.25) is 0 Å². The first-order valence-electron chi connectivity index (χ1n) is 7.01. The van der Waals surface area contributed by atoms with Crippen LogP contribution >= 0.6 is 0 Å². The van der Waals surface area contributed by atoms with Gasteiger partial charge in [-0.1, -0.05) is 26.2 Å². The van der Waals surface area contributed by atoms with Gasteiger partial charge in [-0.3, -0.25) is 14.3 Å². The quantitative estimate of drug-likeness (QED) is 0.875. The van der Waals surface area contributed by atoms with Crippen LogP contribution < -0.4 is 11.2 Å². The molecular weight excluding hydrogens is 244 g/mol. The minimum absolute atomic E-state index is 0.197. The first-order chi connectivity index (χ1) is 8.99. The van der Waals surface area contributed by atoms with Gasteiger partial charge in [0.2, 0.25) is 5.88 Å². The van der Waals surface area contributed by atoms with E-state index in [1.54, 1.807) is 0 Å². The van der Waals surface area contributed by atoms with E-state index in [2.05, 4.69) is 11.9 Å². The van der Waals surface area contributed by atoms with E-state index in [1.807, 2.05) is 0 Å². The van der Waals surface area contributed by atoms with Crippen LogP contribution in [0.5, 0.6) is 5.88 Å². The Kier molecular flexibility index (Phi) is 4.12. The molecule has 0 radical (unpaired) electrons. The van der Waals surface area contributed by atoms with Crippen LogP contribution in [-0.2, 0) is 6.54 Å². The Morgan fingerprint density at radius 1 is 1.37 bits per heavy atom. The van der Waals surface area contributed by atoms with Crippen LogP contribution in [0.1, 0.15) is 44.6 Å². The monoisotopic (exact) mass is 266 g/mol. The minimum Gasteiger partial charge on any atom is -0.494 e. The van der Waals surface area contributed by atoms with Crippen molar-refractivity contribution >= 4 is 0 Å². The van der Waals surface area contributed by atoms with Gasteiger partial charge in [-0.05, 0) is 31.6 Å². The molecule has 2 atom stereocenters. The van der Waals surface area contributed by atoms with Crippen molar-refractivity contribution < 1.29 is 5.11 Å². The molecule has 0 aliphatic heterocycles. The summed E-state index contributed by atoms with van der Waals surface area (Å²) in [4.78, 5) is 25.3. The number of H-pyrrole nitrogens is 1. The van der Waals surface area contributed by atoms with Gasteiger partial charge >= 0.3 is 5.69 Å². The number of rotatable bonds is 3. The summed E-state index contributed by atoms with van der Waals surface area (Å²) in [6.07, 6.45) is 5.81. The van der Waals surface area contributed by atoms with E-state index in [0.717, 1.165) is 12.3 Å². The fraction of sp³-hybridized carbons (Fsp3) is 0.714. The summed E-state index contributed by atoms with van der Waals surface area (Å²) >= 11 is 0. The highest BCUT2D eigenvalue weighted by Crippen LogP contribution is 2.31. The summed E-state index contributed by atoms with van der Waals surface area (Å²) in [7, 11) is 0. The molecule has 2 unspecified atom stereocenters. The summed E-state index contributed by atoms with van der Waals surface area (Å²) in [5.74, 6) is 1.17. The molecule has 1 fully saturated rings. The lowest BCUT2D eigenvalue weighted by Gasteiger charge is -2.26. The van der Waals surface area contributed by atoms with E-state index in [0.29, 0.717) is 12.5 Å². The number of nitrogens with one attached hydrogen (secondary N) is 1. The van der Waals surface area contributed by atoms with Gasteiger partial charge in [-0.25, -0.2) is 4.79 Å². The second-order valence-corrected chi connectivity index (χ2v) is 5.79.